The van der Waals surface area contributed by atoms with Crippen molar-refractivity contribution in [3.8, 4) is 22.8 Å². The summed E-state index contributed by atoms with van der Waals surface area (Å²) in [4.78, 5) is 25.0. The first kappa shape index (κ1) is 33.7. The zero-order valence-electron chi connectivity index (χ0n) is 26.8. The molecule has 1 amide bonds. The van der Waals surface area contributed by atoms with Crippen molar-refractivity contribution < 1.29 is 31.5 Å². The smallest absolute Gasteiger partial charge is 0.264 e. The van der Waals surface area contributed by atoms with Crippen LogP contribution >= 0.6 is 0 Å². The van der Waals surface area contributed by atoms with Gasteiger partial charge in [0.15, 0.2) is 0 Å². The van der Waals surface area contributed by atoms with Crippen LogP contribution in [-0.4, -0.2) is 43.0 Å². The first-order chi connectivity index (χ1) is 24.0. The first-order valence-electron chi connectivity index (χ1n) is 15.2. The van der Waals surface area contributed by atoms with Crippen molar-refractivity contribution in [1.82, 2.24) is 15.0 Å². The molecule has 0 spiro atoms. The topological polar surface area (TPSA) is 158 Å². The second kappa shape index (κ2) is 14.1. The van der Waals surface area contributed by atoms with Gasteiger partial charge in [-0.25, -0.2) is 32.2 Å². The number of carbonyl (C=O) groups excluding carboxylic acids is 1. The SMILES string of the molecule is COc1ncc(-c2cc(OCCc3ccc(C(=O)Nc4ccccc4N)cc3)c3ncnc(C)c3c2)cc1NS(=O)(=O)c1ccc(F)cc1F. The summed E-state index contributed by atoms with van der Waals surface area (Å²) in [5.41, 5.74) is 10.6. The van der Waals surface area contributed by atoms with Gasteiger partial charge in [0.2, 0.25) is 5.88 Å². The lowest BCUT2D eigenvalue weighted by Gasteiger charge is -2.15. The minimum atomic E-state index is -4.49. The molecule has 0 atom stereocenters. The van der Waals surface area contributed by atoms with Gasteiger partial charge in [-0.05, 0) is 72.6 Å². The fourth-order valence-corrected chi connectivity index (χ4v) is 6.29. The number of anilines is 3. The highest BCUT2D eigenvalue weighted by atomic mass is 32.2. The number of pyridine rings is 1. The lowest BCUT2D eigenvalue weighted by Crippen LogP contribution is -2.15. The van der Waals surface area contributed by atoms with Crippen molar-refractivity contribution >= 4 is 43.9 Å². The van der Waals surface area contributed by atoms with Gasteiger partial charge in [0.25, 0.3) is 15.9 Å². The highest BCUT2D eigenvalue weighted by Crippen LogP contribution is 2.36. The van der Waals surface area contributed by atoms with E-state index in [2.05, 4.69) is 25.0 Å². The van der Waals surface area contributed by atoms with Gasteiger partial charge in [-0.15, -0.1) is 0 Å². The Hall–Kier alpha value is -6.15. The second-order valence-electron chi connectivity index (χ2n) is 11.1. The molecule has 2 aromatic heterocycles. The molecule has 0 bridgehead atoms. The number of para-hydroxylation sites is 2. The van der Waals surface area contributed by atoms with Gasteiger partial charge in [0.1, 0.15) is 39.8 Å². The number of nitrogens with one attached hydrogen (secondary N) is 2. The van der Waals surface area contributed by atoms with Gasteiger partial charge in [-0.1, -0.05) is 24.3 Å². The monoisotopic (exact) mass is 696 g/mol. The van der Waals surface area contributed by atoms with Crippen molar-refractivity contribution in [1.29, 1.82) is 0 Å². The molecule has 6 rings (SSSR count). The second-order valence-corrected chi connectivity index (χ2v) is 12.8. The van der Waals surface area contributed by atoms with Crippen LogP contribution in [0, 0.1) is 18.6 Å². The number of nitrogens with two attached hydrogens (primary N) is 1. The van der Waals surface area contributed by atoms with Crippen LogP contribution in [0.5, 0.6) is 11.6 Å². The summed E-state index contributed by atoms with van der Waals surface area (Å²) in [6.07, 6.45) is 3.44. The number of rotatable bonds is 11. The first-order valence-corrected chi connectivity index (χ1v) is 16.7. The molecule has 254 valence electrons. The largest absolute Gasteiger partial charge is 0.491 e. The van der Waals surface area contributed by atoms with Crippen LogP contribution in [0.1, 0.15) is 21.6 Å². The molecule has 0 unspecified atom stereocenters. The Morgan fingerprint density at radius 3 is 2.42 bits per heavy atom. The Balaban J connectivity index is 1.23. The predicted octanol–water partition coefficient (Wildman–Crippen LogP) is 6.54. The maximum Gasteiger partial charge on any atom is 0.264 e. The van der Waals surface area contributed by atoms with E-state index in [1.54, 1.807) is 42.5 Å². The molecular weight excluding hydrogens is 666 g/mol. The quantitative estimate of drug-likeness (QED) is 0.128. The number of aryl methyl sites for hydroxylation is 1. The van der Waals surface area contributed by atoms with Crippen molar-refractivity contribution in [2.45, 2.75) is 18.2 Å². The normalized spacial score (nSPS) is 11.3. The van der Waals surface area contributed by atoms with E-state index in [0.717, 1.165) is 17.7 Å². The van der Waals surface area contributed by atoms with Crippen molar-refractivity contribution in [3.05, 3.63) is 126 Å². The molecule has 4 N–H and O–H groups in total. The molecule has 0 saturated carbocycles. The van der Waals surface area contributed by atoms with E-state index >= 15 is 0 Å². The lowest BCUT2D eigenvalue weighted by molar-refractivity contribution is 0.102. The maximum absolute atomic E-state index is 14.4. The molecule has 14 heteroatoms. The molecule has 2 heterocycles. The number of carbonyl (C=O) groups is 1. The lowest BCUT2D eigenvalue weighted by atomic mass is 10.0. The molecular formula is C36H30F2N6O5S. The van der Waals surface area contributed by atoms with Crippen LogP contribution in [0.25, 0.3) is 22.0 Å². The Bertz CT molecular complexity index is 2340. The summed E-state index contributed by atoms with van der Waals surface area (Å²) in [6.45, 7) is 2.09. The number of nitrogens with zero attached hydrogens (tertiary/aromatic N) is 3. The fourth-order valence-electron chi connectivity index (χ4n) is 5.18. The van der Waals surface area contributed by atoms with E-state index in [9.17, 15) is 22.0 Å². The number of benzene rings is 4. The third kappa shape index (κ3) is 7.29. The number of fused-ring (bicyclic) bond motifs is 1. The molecule has 4 aromatic carbocycles. The summed E-state index contributed by atoms with van der Waals surface area (Å²) in [5.74, 6) is -2.06. The van der Waals surface area contributed by atoms with Gasteiger partial charge >= 0.3 is 0 Å². The number of aromatic nitrogens is 3. The number of halogens is 2. The predicted molar refractivity (Wildman–Crippen MR) is 186 cm³/mol. The number of sulfonamides is 1. The van der Waals surface area contributed by atoms with E-state index in [-0.39, 0.29) is 24.1 Å². The number of methoxy groups -OCH3 is 1. The van der Waals surface area contributed by atoms with Gasteiger partial charge in [-0.2, -0.15) is 0 Å². The standard InChI is InChI=1S/C36H30F2N6O5S/c1-21-27-15-24(25-16-31(36(48-2)40-19-25)44-50(46,47)33-12-11-26(37)18-28(33)38)17-32(34(27)42-20-41-21)49-14-13-22-7-9-23(10-8-22)35(45)43-30-6-4-3-5-29(30)39/h3-12,15-20,44H,13-14,39H2,1-2H3,(H,43,45). The van der Waals surface area contributed by atoms with Crippen molar-refractivity contribution in [3.63, 3.8) is 0 Å². The molecule has 0 aliphatic heterocycles. The zero-order chi connectivity index (χ0) is 35.4. The van der Waals surface area contributed by atoms with E-state index < -0.39 is 26.6 Å². The van der Waals surface area contributed by atoms with Gasteiger partial charge in [0, 0.05) is 40.9 Å². The van der Waals surface area contributed by atoms with Gasteiger partial charge in [0.05, 0.1) is 25.1 Å². The Morgan fingerprint density at radius 2 is 1.68 bits per heavy atom. The van der Waals surface area contributed by atoms with Crippen LogP contribution in [0.3, 0.4) is 0 Å². The maximum atomic E-state index is 14.4. The van der Waals surface area contributed by atoms with Crippen LogP contribution in [-0.2, 0) is 16.4 Å². The Morgan fingerprint density at radius 1 is 0.900 bits per heavy atom. The van der Waals surface area contributed by atoms with Crippen LogP contribution in [0.15, 0.2) is 102 Å². The average molecular weight is 697 g/mol. The molecule has 11 nitrogen and oxygen atoms in total. The number of hydrogen-bond donors (Lipinski definition) is 3. The Labute approximate surface area is 286 Å². The van der Waals surface area contributed by atoms with E-state index in [1.165, 1.54) is 25.7 Å². The molecule has 50 heavy (non-hydrogen) atoms. The summed E-state index contributed by atoms with van der Waals surface area (Å²) >= 11 is 0. The summed E-state index contributed by atoms with van der Waals surface area (Å²) in [6, 6.07) is 21.4. The van der Waals surface area contributed by atoms with Gasteiger partial charge in [-0.3, -0.25) is 9.52 Å². The molecule has 0 fully saturated rings. The minimum absolute atomic E-state index is 0.0654. The number of ether oxygens (including phenoxy) is 2. The number of hydrogen-bond acceptors (Lipinski definition) is 9. The van der Waals surface area contributed by atoms with Crippen LogP contribution < -0.4 is 25.2 Å². The molecule has 0 radical (unpaired) electrons. The third-order valence-electron chi connectivity index (χ3n) is 7.78. The number of amides is 1. The summed E-state index contributed by atoms with van der Waals surface area (Å²) < 4.78 is 67.8. The van der Waals surface area contributed by atoms with Crippen LogP contribution in [0.2, 0.25) is 0 Å². The van der Waals surface area contributed by atoms with Crippen LogP contribution in [0.4, 0.5) is 25.8 Å². The highest BCUT2D eigenvalue weighted by Gasteiger charge is 2.23. The summed E-state index contributed by atoms with van der Waals surface area (Å²) in [7, 11) is -3.18. The van der Waals surface area contributed by atoms with Gasteiger partial charge < -0.3 is 20.5 Å². The molecule has 0 aliphatic carbocycles. The molecule has 0 aliphatic rings. The van der Waals surface area contributed by atoms with Crippen molar-refractivity contribution in [2.75, 3.05) is 29.5 Å². The zero-order valence-corrected chi connectivity index (χ0v) is 27.6. The summed E-state index contributed by atoms with van der Waals surface area (Å²) in [5, 5.41) is 3.51. The number of nitrogen functional groups attached to an aromatic ring is 1. The van der Waals surface area contributed by atoms with Crippen molar-refractivity contribution in [2.24, 2.45) is 0 Å². The third-order valence-corrected chi connectivity index (χ3v) is 9.18. The van der Waals surface area contributed by atoms with E-state index in [4.69, 9.17) is 15.2 Å². The minimum Gasteiger partial charge on any atom is -0.491 e. The Kier molecular flexibility index (Phi) is 9.54. The average Bonchev–Trinajstić information content (AvgIpc) is 3.09. The van der Waals surface area contributed by atoms with E-state index in [0.29, 0.717) is 62.9 Å². The highest BCUT2D eigenvalue weighted by molar-refractivity contribution is 7.92. The molecule has 0 saturated heterocycles. The molecule has 6 aromatic rings. The van der Waals surface area contributed by atoms with E-state index in [1.807, 2.05) is 25.1 Å². The fraction of sp³-hybridized carbons (Fsp3) is 0.111.